The first-order valence-corrected chi connectivity index (χ1v) is 6.43. The van der Waals surface area contributed by atoms with Gasteiger partial charge in [0, 0.05) is 17.7 Å². The van der Waals surface area contributed by atoms with Gasteiger partial charge in [-0.3, -0.25) is 24.5 Å². The SMILES string of the molecule is C=C(C)C(=O)NCC(=O)NCC(=O)c1cc([N+](=O)[O-])ccc1O. The largest absolute Gasteiger partial charge is 0.507 e. The second-order valence-corrected chi connectivity index (χ2v) is 4.62. The van der Waals surface area contributed by atoms with E-state index >= 15 is 0 Å². The minimum atomic E-state index is -0.706. The smallest absolute Gasteiger partial charge is 0.270 e. The molecule has 0 bridgehead atoms. The molecule has 122 valence electrons. The van der Waals surface area contributed by atoms with E-state index in [0.717, 1.165) is 18.2 Å². The summed E-state index contributed by atoms with van der Waals surface area (Å²) in [5.41, 5.74) is -0.396. The summed E-state index contributed by atoms with van der Waals surface area (Å²) in [7, 11) is 0. The summed E-state index contributed by atoms with van der Waals surface area (Å²) in [5.74, 6) is -2.25. The third kappa shape index (κ3) is 5.23. The average Bonchev–Trinajstić information content (AvgIpc) is 2.50. The number of Topliss-reactive ketones (excluding diaryl/α,β-unsaturated/α-hetero) is 1. The van der Waals surface area contributed by atoms with E-state index in [1.54, 1.807) is 0 Å². The number of nitro groups is 1. The van der Waals surface area contributed by atoms with Crippen LogP contribution >= 0.6 is 0 Å². The second kappa shape index (κ2) is 7.69. The van der Waals surface area contributed by atoms with Crippen LogP contribution in [0.4, 0.5) is 5.69 Å². The van der Waals surface area contributed by atoms with Gasteiger partial charge in [0.2, 0.25) is 11.8 Å². The maximum absolute atomic E-state index is 11.9. The molecular formula is C14H15N3O6. The van der Waals surface area contributed by atoms with E-state index in [9.17, 15) is 29.6 Å². The first-order chi connectivity index (χ1) is 10.7. The van der Waals surface area contributed by atoms with Crippen molar-refractivity contribution >= 4 is 23.3 Å². The minimum Gasteiger partial charge on any atom is -0.507 e. The van der Waals surface area contributed by atoms with Crippen LogP contribution in [0.2, 0.25) is 0 Å². The Balaban J connectivity index is 2.62. The number of aromatic hydroxyl groups is 1. The van der Waals surface area contributed by atoms with Crippen molar-refractivity contribution in [3.8, 4) is 5.75 Å². The fourth-order valence-corrected chi connectivity index (χ4v) is 1.51. The number of carbonyl (C=O) groups excluding carboxylic acids is 3. The first-order valence-electron chi connectivity index (χ1n) is 6.43. The molecule has 1 rings (SSSR count). The summed E-state index contributed by atoms with van der Waals surface area (Å²) in [4.78, 5) is 44.5. The van der Waals surface area contributed by atoms with E-state index in [4.69, 9.17) is 0 Å². The zero-order chi connectivity index (χ0) is 17.6. The van der Waals surface area contributed by atoms with Crippen molar-refractivity contribution in [1.82, 2.24) is 10.6 Å². The molecule has 3 N–H and O–H groups in total. The second-order valence-electron chi connectivity index (χ2n) is 4.62. The Morgan fingerprint density at radius 2 is 1.91 bits per heavy atom. The quantitative estimate of drug-likeness (QED) is 0.285. The van der Waals surface area contributed by atoms with Crippen molar-refractivity contribution in [2.24, 2.45) is 0 Å². The van der Waals surface area contributed by atoms with Gasteiger partial charge in [-0.15, -0.1) is 0 Å². The molecule has 9 heteroatoms. The van der Waals surface area contributed by atoms with Crippen molar-refractivity contribution in [3.05, 3.63) is 46.0 Å². The number of hydrogen-bond acceptors (Lipinski definition) is 6. The Morgan fingerprint density at radius 1 is 1.26 bits per heavy atom. The molecular weight excluding hydrogens is 306 g/mol. The van der Waals surface area contributed by atoms with Crippen LogP contribution in [0.25, 0.3) is 0 Å². The van der Waals surface area contributed by atoms with Crippen LogP contribution in [0.1, 0.15) is 17.3 Å². The summed E-state index contributed by atoms with van der Waals surface area (Å²) in [5, 5.41) is 24.7. The standard InChI is InChI=1S/C14H15N3O6/c1-8(2)14(21)16-7-13(20)15-6-12(19)10-5-9(17(22)23)3-4-11(10)18/h3-5,18H,1,6-7H2,2H3,(H,15,20)(H,16,21). The molecule has 0 aromatic heterocycles. The number of hydrogen-bond donors (Lipinski definition) is 3. The molecule has 0 saturated heterocycles. The summed E-state index contributed by atoms with van der Waals surface area (Å²) < 4.78 is 0. The highest BCUT2D eigenvalue weighted by atomic mass is 16.6. The van der Waals surface area contributed by atoms with E-state index in [2.05, 4.69) is 17.2 Å². The van der Waals surface area contributed by atoms with E-state index in [0.29, 0.717) is 0 Å². The van der Waals surface area contributed by atoms with Crippen LogP contribution in [0, 0.1) is 10.1 Å². The summed E-state index contributed by atoms with van der Waals surface area (Å²) in [6.45, 7) is 4.05. The number of ketones is 1. The first kappa shape index (κ1) is 17.8. The van der Waals surface area contributed by atoms with Gasteiger partial charge in [-0.25, -0.2) is 0 Å². The Bertz CT molecular complexity index is 683. The maximum Gasteiger partial charge on any atom is 0.270 e. The van der Waals surface area contributed by atoms with Gasteiger partial charge >= 0.3 is 0 Å². The number of nitrogens with zero attached hydrogens (tertiary/aromatic N) is 1. The van der Waals surface area contributed by atoms with Crippen molar-refractivity contribution < 1.29 is 24.4 Å². The highest BCUT2D eigenvalue weighted by Gasteiger charge is 2.17. The van der Waals surface area contributed by atoms with Crippen LogP contribution in [0.5, 0.6) is 5.75 Å². The van der Waals surface area contributed by atoms with Crippen molar-refractivity contribution in [2.75, 3.05) is 13.1 Å². The van der Waals surface area contributed by atoms with Gasteiger partial charge in [0.05, 0.1) is 23.6 Å². The molecule has 0 saturated carbocycles. The van der Waals surface area contributed by atoms with Gasteiger partial charge in [0.1, 0.15) is 5.75 Å². The predicted octanol–water partition coefficient (Wildman–Crippen LogP) is 0.292. The fraction of sp³-hybridized carbons (Fsp3) is 0.214. The zero-order valence-corrected chi connectivity index (χ0v) is 12.3. The van der Waals surface area contributed by atoms with Gasteiger partial charge < -0.3 is 15.7 Å². The van der Waals surface area contributed by atoms with Crippen molar-refractivity contribution in [2.45, 2.75) is 6.92 Å². The molecule has 0 heterocycles. The third-order valence-corrected chi connectivity index (χ3v) is 2.73. The zero-order valence-electron chi connectivity index (χ0n) is 12.3. The molecule has 0 atom stereocenters. The lowest BCUT2D eigenvalue weighted by molar-refractivity contribution is -0.384. The highest BCUT2D eigenvalue weighted by Crippen LogP contribution is 2.23. The molecule has 0 aliphatic carbocycles. The number of phenolic OH excluding ortho intramolecular Hbond substituents is 1. The number of nitrogens with one attached hydrogen (secondary N) is 2. The van der Waals surface area contributed by atoms with Crippen molar-refractivity contribution in [3.63, 3.8) is 0 Å². The molecule has 0 aliphatic rings. The van der Waals surface area contributed by atoms with E-state index in [1.807, 2.05) is 0 Å². The number of rotatable bonds is 7. The Labute approximate surface area is 131 Å². The molecule has 0 fully saturated rings. The molecule has 9 nitrogen and oxygen atoms in total. The highest BCUT2D eigenvalue weighted by molar-refractivity contribution is 6.02. The third-order valence-electron chi connectivity index (χ3n) is 2.73. The molecule has 0 spiro atoms. The number of carbonyl (C=O) groups is 3. The molecule has 2 amide bonds. The predicted molar refractivity (Wildman–Crippen MR) is 79.9 cm³/mol. The van der Waals surface area contributed by atoms with Crippen LogP contribution in [-0.4, -0.2) is 40.7 Å². The van der Waals surface area contributed by atoms with Gasteiger partial charge in [-0.1, -0.05) is 6.58 Å². The number of phenols is 1. The Hall–Kier alpha value is -3.23. The van der Waals surface area contributed by atoms with Crippen molar-refractivity contribution in [1.29, 1.82) is 0 Å². The monoisotopic (exact) mass is 321 g/mol. The van der Waals surface area contributed by atoms with Gasteiger partial charge in [0.25, 0.3) is 5.69 Å². The van der Waals surface area contributed by atoms with Gasteiger partial charge in [0.15, 0.2) is 5.78 Å². The summed E-state index contributed by atoms with van der Waals surface area (Å²) in [6.07, 6.45) is 0. The van der Waals surface area contributed by atoms with Crippen LogP contribution in [0.3, 0.4) is 0 Å². The lowest BCUT2D eigenvalue weighted by atomic mass is 10.1. The molecule has 0 radical (unpaired) electrons. The minimum absolute atomic E-state index is 0.232. The Kier molecular flexibility index (Phi) is 5.95. The normalized spacial score (nSPS) is 9.78. The van der Waals surface area contributed by atoms with Gasteiger partial charge in [-0.2, -0.15) is 0 Å². The van der Waals surface area contributed by atoms with E-state index < -0.39 is 34.8 Å². The van der Waals surface area contributed by atoms with E-state index in [-0.39, 0.29) is 23.4 Å². The van der Waals surface area contributed by atoms with Crippen LogP contribution in [-0.2, 0) is 9.59 Å². The molecule has 1 aromatic rings. The molecule has 23 heavy (non-hydrogen) atoms. The lowest BCUT2D eigenvalue weighted by Gasteiger charge is -2.07. The number of amides is 2. The lowest BCUT2D eigenvalue weighted by Crippen LogP contribution is -2.39. The number of non-ortho nitro benzene ring substituents is 1. The number of benzene rings is 1. The van der Waals surface area contributed by atoms with Crippen LogP contribution < -0.4 is 10.6 Å². The van der Waals surface area contributed by atoms with Crippen LogP contribution in [0.15, 0.2) is 30.4 Å². The fourth-order valence-electron chi connectivity index (χ4n) is 1.51. The average molecular weight is 321 g/mol. The van der Waals surface area contributed by atoms with Gasteiger partial charge in [-0.05, 0) is 13.0 Å². The Morgan fingerprint density at radius 3 is 2.48 bits per heavy atom. The van der Waals surface area contributed by atoms with E-state index in [1.165, 1.54) is 6.92 Å². The summed E-state index contributed by atoms with van der Waals surface area (Å²) in [6, 6.07) is 3.00. The maximum atomic E-state index is 11.9. The topological polar surface area (TPSA) is 139 Å². The molecule has 0 aliphatic heterocycles. The molecule has 0 unspecified atom stereocenters. The molecule has 1 aromatic carbocycles. The number of nitro benzene ring substituents is 1. The summed E-state index contributed by atoms with van der Waals surface area (Å²) >= 11 is 0.